The van der Waals surface area contributed by atoms with Crippen LogP contribution in [0.25, 0.3) is 32.9 Å². The number of benzene rings is 4. The van der Waals surface area contributed by atoms with Crippen molar-refractivity contribution in [2.45, 2.75) is 78.3 Å². The number of aryl methyl sites for hydroxylation is 2. The Morgan fingerprint density at radius 1 is 0.550 bits per heavy atom. The molecule has 0 amide bonds. The van der Waals surface area contributed by atoms with Crippen LogP contribution in [-0.2, 0) is 12.8 Å². The molecule has 0 spiro atoms. The summed E-state index contributed by atoms with van der Waals surface area (Å²) >= 11 is 0. The first-order chi connectivity index (χ1) is 18.8. The van der Waals surface area contributed by atoms with Gasteiger partial charge in [0.25, 0.3) is 0 Å². The third-order valence-corrected chi connectivity index (χ3v) is 7.18. The third kappa shape index (κ3) is 7.24. The number of hydrogen-bond donors (Lipinski definition) is 2. The maximum absolute atomic E-state index is 4.50. The number of rotatable bonds is 10. The second kappa shape index (κ2) is 11.8. The fourth-order valence-electron chi connectivity index (χ4n) is 5.54. The lowest BCUT2D eigenvalue weighted by Gasteiger charge is -2.26. The summed E-state index contributed by atoms with van der Waals surface area (Å²) in [4.78, 5) is 0. The average Bonchev–Trinajstić information content (AvgIpc) is 2.87. The lowest BCUT2D eigenvalue weighted by molar-refractivity contribution is 0.501. The van der Waals surface area contributed by atoms with Crippen LogP contribution >= 0.6 is 0 Å². The smallest absolute Gasteiger partial charge is 0.0353 e. The Hall–Kier alpha value is -3.78. The molecule has 0 heterocycles. The van der Waals surface area contributed by atoms with Gasteiger partial charge in [0.15, 0.2) is 0 Å². The maximum Gasteiger partial charge on any atom is 0.0353 e. The van der Waals surface area contributed by atoms with Gasteiger partial charge in [0.05, 0.1) is 0 Å². The van der Waals surface area contributed by atoms with Crippen LogP contribution in [0.15, 0.2) is 98.1 Å². The highest BCUT2D eigenvalue weighted by Gasteiger charge is 2.18. The van der Waals surface area contributed by atoms with Gasteiger partial charge in [-0.2, -0.15) is 0 Å². The molecular formula is C38H46N2. The summed E-state index contributed by atoms with van der Waals surface area (Å²) in [6, 6.07) is 26.2. The standard InChI is InChI=1S/C38H46N2/c1-26(18-20-31-24-22-29-14-10-12-16-33(29)35(31)27(2)39-37(4,5)6)19-21-32-25-23-30-15-11-13-17-34(30)36(32)28(3)40-38(7,8)9/h10-17,22-25,39-40H,1-3,18-21H2,4-9H3. The molecule has 0 saturated heterocycles. The molecule has 4 rings (SSSR count). The predicted molar refractivity (Wildman–Crippen MR) is 178 cm³/mol. The van der Waals surface area contributed by atoms with Crippen molar-refractivity contribution in [3.63, 3.8) is 0 Å². The summed E-state index contributed by atoms with van der Waals surface area (Å²) in [5.74, 6) is 0. The molecule has 0 radical (unpaired) electrons. The molecule has 0 bridgehead atoms. The van der Waals surface area contributed by atoms with Crippen LogP contribution in [0.4, 0.5) is 0 Å². The molecule has 0 unspecified atom stereocenters. The fraction of sp³-hybridized carbons (Fsp3) is 0.316. The number of nitrogens with one attached hydrogen (secondary N) is 2. The molecule has 0 aliphatic heterocycles. The van der Waals surface area contributed by atoms with Gasteiger partial charge in [-0.05, 0) is 99.9 Å². The molecule has 0 aliphatic carbocycles. The Morgan fingerprint density at radius 2 is 0.925 bits per heavy atom. The summed E-state index contributed by atoms with van der Waals surface area (Å²) in [7, 11) is 0. The molecule has 208 valence electrons. The van der Waals surface area contributed by atoms with Gasteiger partial charge in [-0.3, -0.25) is 0 Å². The van der Waals surface area contributed by atoms with E-state index in [-0.39, 0.29) is 11.1 Å². The van der Waals surface area contributed by atoms with Gasteiger partial charge in [-0.1, -0.05) is 98.1 Å². The van der Waals surface area contributed by atoms with Gasteiger partial charge < -0.3 is 10.6 Å². The van der Waals surface area contributed by atoms with Crippen molar-refractivity contribution in [3.8, 4) is 0 Å². The molecule has 0 fully saturated rings. The van der Waals surface area contributed by atoms with E-state index >= 15 is 0 Å². The summed E-state index contributed by atoms with van der Waals surface area (Å²) in [6.45, 7) is 26.5. The first kappa shape index (κ1) is 29.2. The van der Waals surface area contributed by atoms with E-state index in [0.29, 0.717) is 0 Å². The number of fused-ring (bicyclic) bond motifs is 2. The van der Waals surface area contributed by atoms with Crippen LogP contribution in [0.3, 0.4) is 0 Å². The van der Waals surface area contributed by atoms with E-state index in [0.717, 1.165) is 37.1 Å². The Balaban J connectivity index is 1.54. The number of hydrogen-bond acceptors (Lipinski definition) is 2. The van der Waals surface area contributed by atoms with Crippen LogP contribution < -0.4 is 10.6 Å². The predicted octanol–water partition coefficient (Wildman–Crippen LogP) is 9.83. The van der Waals surface area contributed by atoms with Crippen molar-refractivity contribution in [2.24, 2.45) is 0 Å². The van der Waals surface area contributed by atoms with Gasteiger partial charge in [0, 0.05) is 33.6 Å². The molecule has 0 aliphatic rings. The minimum Gasteiger partial charge on any atom is -0.380 e. The van der Waals surface area contributed by atoms with E-state index in [1.807, 2.05) is 0 Å². The minimum absolute atomic E-state index is 0.0572. The molecule has 0 saturated carbocycles. The van der Waals surface area contributed by atoms with Crippen LogP contribution in [0, 0.1) is 0 Å². The van der Waals surface area contributed by atoms with E-state index in [1.54, 1.807) is 0 Å². The summed E-state index contributed by atoms with van der Waals surface area (Å²) in [5.41, 5.74) is 8.19. The molecule has 2 N–H and O–H groups in total. The highest BCUT2D eigenvalue weighted by molar-refractivity contribution is 5.95. The Labute approximate surface area is 241 Å². The second-order valence-electron chi connectivity index (χ2n) is 13.1. The van der Waals surface area contributed by atoms with Crippen molar-refractivity contribution in [1.29, 1.82) is 0 Å². The summed E-state index contributed by atoms with van der Waals surface area (Å²) in [6.07, 6.45) is 3.76. The lowest BCUT2D eigenvalue weighted by Crippen LogP contribution is -2.34. The highest BCUT2D eigenvalue weighted by atomic mass is 15.0. The van der Waals surface area contributed by atoms with E-state index < -0.39 is 0 Å². The van der Waals surface area contributed by atoms with E-state index in [1.165, 1.54) is 49.4 Å². The maximum atomic E-state index is 4.50. The molecule has 40 heavy (non-hydrogen) atoms. The summed E-state index contributed by atoms with van der Waals surface area (Å²) in [5, 5.41) is 12.2. The SMILES string of the molecule is C=C(CCc1ccc2ccccc2c1C(=C)NC(C)(C)C)CCc1ccc2ccccc2c1C(=C)NC(C)(C)C. The fourth-order valence-corrected chi connectivity index (χ4v) is 5.54. The third-order valence-electron chi connectivity index (χ3n) is 7.18. The Morgan fingerprint density at radius 3 is 1.30 bits per heavy atom. The van der Waals surface area contributed by atoms with E-state index in [4.69, 9.17) is 0 Å². The van der Waals surface area contributed by atoms with Crippen molar-refractivity contribution < 1.29 is 0 Å². The second-order valence-corrected chi connectivity index (χ2v) is 13.1. The Bertz CT molecular complexity index is 1440. The molecule has 0 aromatic heterocycles. The van der Waals surface area contributed by atoms with Crippen LogP contribution in [-0.4, -0.2) is 11.1 Å². The average molecular weight is 531 g/mol. The normalized spacial score (nSPS) is 11.9. The van der Waals surface area contributed by atoms with Gasteiger partial charge >= 0.3 is 0 Å². The molecule has 4 aromatic rings. The zero-order valence-corrected chi connectivity index (χ0v) is 25.4. The zero-order chi connectivity index (χ0) is 29.1. The van der Waals surface area contributed by atoms with Crippen molar-refractivity contribution in [3.05, 3.63) is 120 Å². The van der Waals surface area contributed by atoms with E-state index in [9.17, 15) is 0 Å². The molecular weight excluding hydrogens is 484 g/mol. The zero-order valence-electron chi connectivity index (χ0n) is 25.4. The molecule has 4 aromatic carbocycles. The van der Waals surface area contributed by atoms with Gasteiger partial charge in [0.2, 0.25) is 0 Å². The van der Waals surface area contributed by atoms with Gasteiger partial charge in [-0.25, -0.2) is 0 Å². The largest absolute Gasteiger partial charge is 0.380 e. The van der Waals surface area contributed by atoms with Crippen LogP contribution in [0.2, 0.25) is 0 Å². The minimum atomic E-state index is -0.0572. The highest BCUT2D eigenvalue weighted by Crippen LogP contribution is 2.32. The van der Waals surface area contributed by atoms with Crippen molar-refractivity contribution in [2.75, 3.05) is 0 Å². The lowest BCUT2D eigenvalue weighted by atomic mass is 9.90. The topological polar surface area (TPSA) is 24.1 Å². The first-order valence-corrected chi connectivity index (χ1v) is 14.5. The molecule has 2 heteroatoms. The van der Waals surface area contributed by atoms with Crippen molar-refractivity contribution >= 4 is 32.9 Å². The Kier molecular flexibility index (Phi) is 8.59. The van der Waals surface area contributed by atoms with Crippen molar-refractivity contribution in [1.82, 2.24) is 10.6 Å². The van der Waals surface area contributed by atoms with Gasteiger partial charge in [0.1, 0.15) is 0 Å². The quantitative estimate of drug-likeness (QED) is 0.199. The monoisotopic (exact) mass is 530 g/mol. The molecule has 0 atom stereocenters. The summed E-state index contributed by atoms with van der Waals surface area (Å²) < 4.78 is 0. The first-order valence-electron chi connectivity index (χ1n) is 14.5. The van der Waals surface area contributed by atoms with Crippen LogP contribution in [0.1, 0.15) is 76.6 Å². The molecule has 2 nitrogen and oxygen atoms in total. The van der Waals surface area contributed by atoms with Gasteiger partial charge in [-0.15, -0.1) is 0 Å². The number of allylic oxidation sites excluding steroid dienone is 1. The van der Waals surface area contributed by atoms with Crippen LogP contribution in [0.5, 0.6) is 0 Å². The van der Waals surface area contributed by atoms with E-state index in [2.05, 4.69) is 145 Å².